The topological polar surface area (TPSA) is 81.0 Å². The zero-order valence-electron chi connectivity index (χ0n) is 21.5. The fourth-order valence-corrected chi connectivity index (χ4v) is 5.30. The highest BCUT2D eigenvalue weighted by molar-refractivity contribution is 6.52. The summed E-state index contributed by atoms with van der Waals surface area (Å²) in [5.74, 6) is -1.37. The summed E-state index contributed by atoms with van der Waals surface area (Å²) in [7, 11) is 4.79. The van der Waals surface area contributed by atoms with Crippen molar-refractivity contribution >= 4 is 45.6 Å². The van der Waals surface area contributed by atoms with Crippen LogP contribution in [0.1, 0.15) is 29.7 Å². The minimum Gasteiger partial charge on any atom is -0.507 e. The van der Waals surface area contributed by atoms with Gasteiger partial charge in [0.25, 0.3) is 11.7 Å². The molecule has 2 heterocycles. The Hall–Kier alpha value is -4.23. The van der Waals surface area contributed by atoms with Gasteiger partial charge in [-0.1, -0.05) is 48.9 Å². The van der Waals surface area contributed by atoms with Gasteiger partial charge < -0.3 is 19.1 Å². The van der Waals surface area contributed by atoms with Crippen LogP contribution >= 0.6 is 11.6 Å². The molecule has 0 aliphatic carbocycles. The van der Waals surface area contributed by atoms with E-state index in [9.17, 15) is 14.7 Å². The van der Waals surface area contributed by atoms with Crippen molar-refractivity contribution in [2.24, 2.45) is 7.05 Å². The zero-order valence-corrected chi connectivity index (χ0v) is 22.2. The summed E-state index contributed by atoms with van der Waals surface area (Å²) >= 11 is 6.28. The molecule has 8 heteroatoms. The predicted molar refractivity (Wildman–Crippen MR) is 148 cm³/mol. The van der Waals surface area contributed by atoms with Gasteiger partial charge in [0.15, 0.2) is 0 Å². The number of ketones is 1. The van der Waals surface area contributed by atoms with E-state index >= 15 is 0 Å². The van der Waals surface area contributed by atoms with Gasteiger partial charge in [-0.15, -0.1) is 0 Å². The Morgan fingerprint density at radius 3 is 2.34 bits per heavy atom. The normalized spacial score (nSPS) is 16.9. The number of nitrogens with zero attached hydrogens (tertiary/aromatic N) is 2. The van der Waals surface area contributed by atoms with Gasteiger partial charge in [0.1, 0.15) is 17.3 Å². The van der Waals surface area contributed by atoms with Gasteiger partial charge in [-0.05, 0) is 36.2 Å². The first-order valence-electron chi connectivity index (χ1n) is 12.2. The molecule has 38 heavy (non-hydrogen) atoms. The summed E-state index contributed by atoms with van der Waals surface area (Å²) < 4.78 is 12.8. The maximum absolute atomic E-state index is 13.7. The molecule has 5 rings (SSSR count). The number of fused-ring (bicyclic) bond motifs is 1. The summed E-state index contributed by atoms with van der Waals surface area (Å²) in [5, 5.41) is 12.8. The highest BCUT2D eigenvalue weighted by Gasteiger charge is 2.48. The number of benzene rings is 3. The number of aromatic nitrogens is 1. The second kappa shape index (κ2) is 9.91. The van der Waals surface area contributed by atoms with Gasteiger partial charge >= 0.3 is 0 Å². The number of hydrogen-bond acceptors (Lipinski definition) is 5. The SMILES string of the molecule is CCc1ccc(N2C(=O)C(=O)/C(=C(/O)c3cc(OC)c(Cl)cc3OC)C2c2cn(C)c3ccccc23)cc1. The average molecular weight is 531 g/mol. The Morgan fingerprint density at radius 1 is 1.00 bits per heavy atom. The van der Waals surface area contributed by atoms with E-state index in [0.717, 1.165) is 22.9 Å². The molecule has 7 nitrogen and oxygen atoms in total. The number of Topliss-reactive ketones (excluding diaryl/α,β-unsaturated/α-hetero) is 1. The van der Waals surface area contributed by atoms with Crippen molar-refractivity contribution < 1.29 is 24.2 Å². The lowest BCUT2D eigenvalue weighted by Crippen LogP contribution is -2.29. The van der Waals surface area contributed by atoms with Crippen LogP contribution in [0.25, 0.3) is 16.7 Å². The fraction of sp³-hybridized carbons (Fsp3) is 0.200. The summed E-state index contributed by atoms with van der Waals surface area (Å²) in [4.78, 5) is 28.7. The number of halogens is 1. The molecule has 0 saturated carbocycles. The Labute approximate surface area is 225 Å². The van der Waals surface area contributed by atoms with Crippen molar-refractivity contribution in [2.45, 2.75) is 19.4 Å². The molecule has 1 aliphatic rings. The Morgan fingerprint density at radius 2 is 1.68 bits per heavy atom. The van der Waals surface area contributed by atoms with E-state index in [1.807, 2.05) is 73.3 Å². The molecule has 1 fully saturated rings. The number of hydrogen-bond donors (Lipinski definition) is 1. The Kier molecular flexibility index (Phi) is 6.63. The monoisotopic (exact) mass is 530 g/mol. The number of carbonyl (C=O) groups excluding carboxylic acids is 2. The molecule has 1 amide bonds. The van der Waals surface area contributed by atoms with Gasteiger partial charge in [0.2, 0.25) is 0 Å². The van der Waals surface area contributed by atoms with Crippen LogP contribution in [-0.4, -0.2) is 35.6 Å². The molecular weight excluding hydrogens is 504 g/mol. The first-order valence-corrected chi connectivity index (χ1v) is 12.5. The molecule has 0 bridgehead atoms. The Bertz CT molecular complexity index is 1600. The zero-order chi connectivity index (χ0) is 27.1. The lowest BCUT2D eigenvalue weighted by molar-refractivity contribution is -0.132. The van der Waals surface area contributed by atoms with Crippen LogP contribution in [0, 0.1) is 0 Å². The predicted octanol–water partition coefficient (Wildman–Crippen LogP) is 6.04. The average Bonchev–Trinajstić information content (AvgIpc) is 3.41. The highest BCUT2D eigenvalue weighted by atomic mass is 35.5. The summed E-state index contributed by atoms with van der Waals surface area (Å²) in [5.41, 5.74) is 3.45. The molecule has 3 aromatic carbocycles. The number of aliphatic hydroxyl groups excluding tert-OH is 1. The first kappa shape index (κ1) is 25.4. The van der Waals surface area contributed by atoms with Crippen molar-refractivity contribution in [1.82, 2.24) is 4.57 Å². The summed E-state index contributed by atoms with van der Waals surface area (Å²) in [6.07, 6.45) is 2.73. The quantitative estimate of drug-likeness (QED) is 0.187. The van der Waals surface area contributed by atoms with Gasteiger partial charge in [-0.25, -0.2) is 0 Å². The largest absolute Gasteiger partial charge is 0.507 e. The molecular formula is C30H27ClN2O5. The molecule has 0 radical (unpaired) electrons. The molecule has 4 aromatic rings. The van der Waals surface area contributed by atoms with Crippen LogP contribution in [0.4, 0.5) is 5.69 Å². The van der Waals surface area contributed by atoms with E-state index < -0.39 is 17.7 Å². The number of methoxy groups -OCH3 is 2. The van der Waals surface area contributed by atoms with Gasteiger partial charge in [-0.2, -0.15) is 0 Å². The molecule has 0 spiro atoms. The lowest BCUT2D eigenvalue weighted by Gasteiger charge is -2.25. The van der Waals surface area contributed by atoms with Crippen molar-refractivity contribution in [3.8, 4) is 11.5 Å². The second-order valence-electron chi connectivity index (χ2n) is 9.09. The molecule has 1 aromatic heterocycles. The summed E-state index contributed by atoms with van der Waals surface area (Å²) in [6, 6.07) is 17.4. The number of carbonyl (C=O) groups is 2. The number of rotatable bonds is 6. The van der Waals surface area contributed by atoms with Crippen molar-refractivity contribution in [1.29, 1.82) is 0 Å². The minimum absolute atomic E-state index is 0.0476. The molecule has 1 aliphatic heterocycles. The maximum atomic E-state index is 13.7. The molecule has 194 valence electrons. The third-order valence-corrected chi connectivity index (χ3v) is 7.31. The van der Waals surface area contributed by atoms with E-state index in [4.69, 9.17) is 21.1 Å². The highest BCUT2D eigenvalue weighted by Crippen LogP contribution is 2.46. The van der Waals surface area contributed by atoms with Crippen molar-refractivity contribution in [3.63, 3.8) is 0 Å². The third-order valence-electron chi connectivity index (χ3n) is 7.02. The van der Waals surface area contributed by atoms with E-state index in [1.165, 1.54) is 31.3 Å². The Balaban J connectivity index is 1.81. The number of ether oxygens (including phenoxy) is 2. The third kappa shape index (κ3) is 4.00. The van der Waals surface area contributed by atoms with E-state index in [2.05, 4.69) is 0 Å². The van der Waals surface area contributed by atoms with E-state index in [1.54, 1.807) is 0 Å². The first-order chi connectivity index (χ1) is 18.3. The van der Waals surface area contributed by atoms with Gasteiger partial charge in [-0.3, -0.25) is 14.5 Å². The maximum Gasteiger partial charge on any atom is 0.300 e. The number of para-hydroxylation sites is 1. The summed E-state index contributed by atoms with van der Waals surface area (Å²) in [6.45, 7) is 2.05. The number of aliphatic hydroxyl groups is 1. The van der Waals surface area contributed by atoms with Crippen molar-refractivity contribution in [2.75, 3.05) is 19.1 Å². The standard InChI is InChI=1S/C30H27ClN2O5/c1-5-17-10-12-18(13-11-17)33-27(21-16-32(2)23-9-7-6-8-19(21)23)26(29(35)30(33)36)28(34)20-14-25(38-4)22(31)15-24(20)37-3/h6-16,27,34H,5H2,1-4H3/b28-26+. The van der Waals surface area contributed by atoms with Crippen LogP contribution in [0.5, 0.6) is 11.5 Å². The number of amides is 1. The molecule has 1 unspecified atom stereocenters. The van der Waals surface area contributed by atoms with Gasteiger partial charge in [0.05, 0.1) is 36.4 Å². The molecule has 1 N–H and O–H groups in total. The van der Waals surface area contributed by atoms with Crippen LogP contribution in [0.15, 0.2) is 72.4 Å². The second-order valence-corrected chi connectivity index (χ2v) is 9.50. The van der Waals surface area contributed by atoms with Gasteiger partial charge in [0, 0.05) is 41.5 Å². The van der Waals surface area contributed by atoms with E-state index in [-0.39, 0.29) is 27.7 Å². The number of anilines is 1. The van der Waals surface area contributed by atoms with Crippen LogP contribution in [0.2, 0.25) is 5.02 Å². The van der Waals surface area contributed by atoms with Crippen LogP contribution in [-0.2, 0) is 23.1 Å². The van der Waals surface area contributed by atoms with Crippen molar-refractivity contribution in [3.05, 3.63) is 94.1 Å². The van der Waals surface area contributed by atoms with Crippen LogP contribution in [0.3, 0.4) is 0 Å². The fourth-order valence-electron chi connectivity index (χ4n) is 5.07. The van der Waals surface area contributed by atoms with E-state index in [0.29, 0.717) is 17.0 Å². The molecule has 1 saturated heterocycles. The molecule has 1 atom stereocenters. The minimum atomic E-state index is -0.889. The van der Waals surface area contributed by atoms with Crippen LogP contribution < -0.4 is 14.4 Å². The smallest absolute Gasteiger partial charge is 0.300 e. The number of aryl methyl sites for hydroxylation is 2. The lowest BCUT2D eigenvalue weighted by atomic mass is 9.94.